The molecule has 2 rings (SSSR count). The van der Waals surface area contributed by atoms with Gasteiger partial charge < -0.3 is 4.74 Å². The Balaban J connectivity index is 2.00. The molecule has 0 bridgehead atoms. The van der Waals surface area contributed by atoms with E-state index >= 15 is 0 Å². The molecule has 0 N–H and O–H groups in total. The summed E-state index contributed by atoms with van der Waals surface area (Å²) in [5.41, 5.74) is -0.112. The molecular weight excluding hydrogens is 245 g/mol. The Labute approximate surface area is 103 Å². The van der Waals surface area contributed by atoms with Crippen LogP contribution in [-0.4, -0.2) is 18.5 Å². The molecule has 0 aliphatic carbocycles. The van der Waals surface area contributed by atoms with Crippen LogP contribution in [-0.2, 0) is 22.1 Å². The van der Waals surface area contributed by atoms with E-state index in [1.165, 1.54) is 12.1 Å². The van der Waals surface area contributed by atoms with Crippen molar-refractivity contribution >= 4 is 5.78 Å². The molecule has 1 aromatic carbocycles. The summed E-state index contributed by atoms with van der Waals surface area (Å²) >= 11 is 0. The number of carbonyl (C=O) groups excluding carboxylic acids is 1. The predicted octanol–water partition coefficient (Wildman–Crippen LogP) is 3.00. The van der Waals surface area contributed by atoms with Crippen LogP contribution in [0.1, 0.15) is 24.0 Å². The van der Waals surface area contributed by atoms with Crippen molar-refractivity contribution in [2.75, 3.05) is 6.61 Å². The second-order valence-electron chi connectivity index (χ2n) is 4.34. The van der Waals surface area contributed by atoms with E-state index < -0.39 is 11.7 Å². The fraction of sp³-hybridized carbons (Fsp3) is 0.462. The average molecular weight is 258 g/mol. The van der Waals surface area contributed by atoms with Gasteiger partial charge in [0.1, 0.15) is 6.10 Å². The Bertz CT molecular complexity index is 417. The van der Waals surface area contributed by atoms with E-state index in [0.29, 0.717) is 18.6 Å². The van der Waals surface area contributed by atoms with Crippen molar-refractivity contribution in [2.24, 2.45) is 0 Å². The van der Waals surface area contributed by atoms with Crippen LogP contribution in [0.4, 0.5) is 13.2 Å². The fourth-order valence-electron chi connectivity index (χ4n) is 1.96. The summed E-state index contributed by atoms with van der Waals surface area (Å²) in [5.74, 6) is -0.0627. The quantitative estimate of drug-likeness (QED) is 0.833. The zero-order valence-corrected chi connectivity index (χ0v) is 9.67. The van der Waals surface area contributed by atoms with E-state index in [1.54, 1.807) is 0 Å². The molecule has 1 aromatic rings. The van der Waals surface area contributed by atoms with E-state index in [9.17, 15) is 18.0 Å². The highest BCUT2D eigenvalue weighted by Gasteiger charge is 2.30. The molecule has 5 heteroatoms. The number of alkyl halides is 3. The zero-order valence-electron chi connectivity index (χ0n) is 9.67. The van der Waals surface area contributed by atoms with Crippen molar-refractivity contribution < 1.29 is 22.7 Å². The van der Waals surface area contributed by atoms with E-state index in [0.717, 1.165) is 18.6 Å². The normalized spacial score (nSPS) is 20.1. The van der Waals surface area contributed by atoms with Gasteiger partial charge in [-0.25, -0.2) is 0 Å². The van der Waals surface area contributed by atoms with Crippen LogP contribution in [0.3, 0.4) is 0 Å². The first-order valence-corrected chi connectivity index (χ1v) is 5.77. The van der Waals surface area contributed by atoms with Crippen LogP contribution in [0.15, 0.2) is 24.3 Å². The van der Waals surface area contributed by atoms with Gasteiger partial charge in [0.25, 0.3) is 0 Å². The number of ketones is 1. The van der Waals surface area contributed by atoms with Crippen molar-refractivity contribution in [3.05, 3.63) is 35.4 Å². The van der Waals surface area contributed by atoms with Crippen molar-refractivity contribution in [2.45, 2.75) is 31.5 Å². The summed E-state index contributed by atoms with van der Waals surface area (Å²) in [6.45, 7) is 0.587. The molecule has 0 radical (unpaired) electrons. The number of rotatable bonds is 3. The Kier molecular flexibility index (Phi) is 3.71. The number of halogens is 3. The monoisotopic (exact) mass is 258 g/mol. The minimum absolute atomic E-state index is 0.0627. The highest BCUT2D eigenvalue weighted by atomic mass is 19.4. The lowest BCUT2D eigenvalue weighted by molar-refractivity contribution is -0.137. The van der Waals surface area contributed by atoms with E-state index in [-0.39, 0.29) is 18.3 Å². The first-order valence-electron chi connectivity index (χ1n) is 5.77. The molecule has 0 saturated carbocycles. The number of carbonyl (C=O) groups is 1. The molecule has 1 aliphatic rings. The molecule has 1 fully saturated rings. The van der Waals surface area contributed by atoms with Gasteiger partial charge in [0, 0.05) is 13.0 Å². The number of Topliss-reactive ketones (excluding diaryl/α,β-unsaturated/α-hetero) is 1. The molecule has 1 aliphatic heterocycles. The van der Waals surface area contributed by atoms with Crippen LogP contribution in [0, 0.1) is 0 Å². The van der Waals surface area contributed by atoms with Crippen molar-refractivity contribution in [1.29, 1.82) is 0 Å². The van der Waals surface area contributed by atoms with E-state index in [4.69, 9.17) is 4.74 Å². The first kappa shape index (κ1) is 13.1. The predicted molar refractivity (Wildman–Crippen MR) is 59.1 cm³/mol. The van der Waals surface area contributed by atoms with Crippen LogP contribution in [0.2, 0.25) is 0 Å². The van der Waals surface area contributed by atoms with Gasteiger partial charge in [0.05, 0.1) is 5.56 Å². The molecular formula is C13H13F3O2. The van der Waals surface area contributed by atoms with Crippen LogP contribution in [0.5, 0.6) is 0 Å². The second kappa shape index (κ2) is 5.10. The Morgan fingerprint density at radius 3 is 2.44 bits per heavy atom. The third kappa shape index (κ3) is 3.10. The highest BCUT2D eigenvalue weighted by molar-refractivity contribution is 5.85. The summed E-state index contributed by atoms with van der Waals surface area (Å²) in [6.07, 6.45) is -3.02. The molecule has 2 nitrogen and oxygen atoms in total. The minimum atomic E-state index is -4.34. The SMILES string of the molecule is O=C(Cc1ccc(C(F)(F)F)cc1)C1CCCO1. The van der Waals surface area contributed by atoms with Crippen molar-refractivity contribution in [1.82, 2.24) is 0 Å². The topological polar surface area (TPSA) is 26.3 Å². The standard InChI is InChI=1S/C13H13F3O2/c14-13(15,16)10-5-3-9(4-6-10)8-11(17)12-2-1-7-18-12/h3-6,12H,1-2,7-8H2. The second-order valence-corrected chi connectivity index (χ2v) is 4.34. The summed E-state index contributed by atoms with van der Waals surface area (Å²) in [6, 6.07) is 4.68. The maximum absolute atomic E-state index is 12.3. The molecule has 0 spiro atoms. The van der Waals surface area contributed by atoms with Gasteiger partial charge in [-0.2, -0.15) is 13.2 Å². The number of ether oxygens (including phenoxy) is 1. The van der Waals surface area contributed by atoms with Gasteiger partial charge in [0.15, 0.2) is 5.78 Å². The number of hydrogen-bond acceptors (Lipinski definition) is 2. The molecule has 18 heavy (non-hydrogen) atoms. The molecule has 0 aromatic heterocycles. The number of hydrogen-bond donors (Lipinski definition) is 0. The first-order chi connectivity index (χ1) is 8.47. The van der Waals surface area contributed by atoms with Crippen molar-refractivity contribution in [3.63, 3.8) is 0 Å². The van der Waals surface area contributed by atoms with Gasteiger partial charge >= 0.3 is 6.18 Å². The zero-order chi connectivity index (χ0) is 13.2. The third-order valence-corrected chi connectivity index (χ3v) is 2.95. The summed E-state index contributed by atoms with van der Waals surface area (Å²) in [7, 11) is 0. The molecule has 1 atom stereocenters. The smallest absolute Gasteiger partial charge is 0.370 e. The van der Waals surface area contributed by atoms with Crippen LogP contribution < -0.4 is 0 Å². The summed E-state index contributed by atoms with van der Waals surface area (Å²) < 4.78 is 42.3. The highest BCUT2D eigenvalue weighted by Crippen LogP contribution is 2.29. The summed E-state index contributed by atoms with van der Waals surface area (Å²) in [5, 5.41) is 0. The van der Waals surface area contributed by atoms with E-state index in [1.807, 2.05) is 0 Å². The van der Waals surface area contributed by atoms with Crippen LogP contribution >= 0.6 is 0 Å². The third-order valence-electron chi connectivity index (χ3n) is 2.95. The van der Waals surface area contributed by atoms with Crippen LogP contribution in [0.25, 0.3) is 0 Å². The lowest BCUT2D eigenvalue weighted by Crippen LogP contribution is -2.21. The molecule has 0 amide bonds. The van der Waals surface area contributed by atoms with Gasteiger partial charge in [-0.3, -0.25) is 4.79 Å². The maximum atomic E-state index is 12.3. The fourth-order valence-corrected chi connectivity index (χ4v) is 1.96. The van der Waals surface area contributed by atoms with Gasteiger partial charge in [-0.05, 0) is 30.5 Å². The Morgan fingerprint density at radius 2 is 1.94 bits per heavy atom. The average Bonchev–Trinajstić information content (AvgIpc) is 2.82. The Hall–Kier alpha value is -1.36. The van der Waals surface area contributed by atoms with E-state index in [2.05, 4.69) is 0 Å². The molecule has 1 heterocycles. The largest absolute Gasteiger partial charge is 0.416 e. The lowest BCUT2D eigenvalue weighted by Gasteiger charge is -2.09. The molecule has 1 saturated heterocycles. The number of benzene rings is 1. The minimum Gasteiger partial charge on any atom is -0.370 e. The lowest BCUT2D eigenvalue weighted by atomic mass is 10.0. The van der Waals surface area contributed by atoms with Gasteiger partial charge in [-0.15, -0.1) is 0 Å². The molecule has 1 unspecified atom stereocenters. The van der Waals surface area contributed by atoms with Gasteiger partial charge in [-0.1, -0.05) is 12.1 Å². The van der Waals surface area contributed by atoms with Crippen molar-refractivity contribution in [3.8, 4) is 0 Å². The summed E-state index contributed by atoms with van der Waals surface area (Å²) in [4.78, 5) is 11.7. The Morgan fingerprint density at radius 1 is 1.28 bits per heavy atom. The maximum Gasteiger partial charge on any atom is 0.416 e. The van der Waals surface area contributed by atoms with Gasteiger partial charge in [0.2, 0.25) is 0 Å². The molecule has 98 valence electrons.